The van der Waals surface area contributed by atoms with Gasteiger partial charge in [0, 0.05) is 5.02 Å². The summed E-state index contributed by atoms with van der Waals surface area (Å²) in [5.74, 6) is -4.86. The normalized spacial score (nSPS) is 13.3. The first-order valence-electron chi connectivity index (χ1n) is 11.1. The number of hydrogen-bond acceptors (Lipinski definition) is 8. The molecule has 0 fully saturated rings. The number of alkyl halides is 1. The van der Waals surface area contributed by atoms with Gasteiger partial charge >= 0.3 is 23.7 Å². The Morgan fingerprint density at radius 1 is 1.11 bits per heavy atom. The molecule has 2 amide bonds. The number of rotatable bonds is 11. The Morgan fingerprint density at radius 2 is 1.76 bits per heavy atom. The van der Waals surface area contributed by atoms with Gasteiger partial charge in [-0.3, -0.25) is 4.79 Å². The number of carboxylic acid groups (broad SMARTS) is 1. The van der Waals surface area contributed by atoms with Gasteiger partial charge in [0.25, 0.3) is 0 Å². The zero-order valence-corrected chi connectivity index (χ0v) is 21.8. The number of ether oxygens (including phenoxy) is 2. The van der Waals surface area contributed by atoms with E-state index >= 15 is 0 Å². The molecule has 0 bridgehead atoms. The maximum absolute atomic E-state index is 12.9. The lowest BCUT2D eigenvalue weighted by molar-refractivity contribution is -0.168. The number of aliphatic carboxylic acids is 1. The molecule has 0 aliphatic carbocycles. The number of carboxylic acids is 1. The second-order valence-electron chi connectivity index (χ2n) is 7.52. The average Bonchev–Trinajstić information content (AvgIpc) is 2.88. The number of anilines is 2. The molecule has 0 heterocycles. The first-order chi connectivity index (χ1) is 17.6. The van der Waals surface area contributed by atoms with Crippen LogP contribution in [-0.2, 0) is 23.9 Å². The van der Waals surface area contributed by atoms with Crippen molar-refractivity contribution in [1.29, 1.82) is 0 Å². The monoisotopic (exact) mass is 552 g/mol. The lowest BCUT2D eigenvalue weighted by atomic mass is 10.1. The first-order valence-corrected chi connectivity index (χ1v) is 12.1. The lowest BCUT2D eigenvalue weighted by Gasteiger charge is -2.25. The zero-order valence-electron chi connectivity index (χ0n) is 20.3. The Kier molecular flexibility index (Phi) is 10.8. The van der Waals surface area contributed by atoms with Gasteiger partial charge in [0.15, 0.2) is 0 Å². The second kappa shape index (κ2) is 13.6. The third-order valence-electron chi connectivity index (χ3n) is 4.90. The minimum absolute atomic E-state index is 0.0207. The number of halogens is 2. The third kappa shape index (κ3) is 7.40. The SMILES string of the molecule is CCOC(=O)N(c1ccc(Cl)cc1)c1ccccc1N=NC(NC(=O)CCl)(C(=O)O)C(=O)OC(C)CC. The van der Waals surface area contributed by atoms with Crippen molar-refractivity contribution < 1.29 is 33.8 Å². The molecule has 2 N–H and O–H groups in total. The summed E-state index contributed by atoms with van der Waals surface area (Å²) in [4.78, 5) is 51.3. The molecule has 13 heteroatoms. The number of para-hydroxylation sites is 1. The van der Waals surface area contributed by atoms with E-state index in [-0.39, 0.29) is 18.0 Å². The van der Waals surface area contributed by atoms with E-state index in [2.05, 4.69) is 10.2 Å². The molecular weight excluding hydrogens is 527 g/mol. The number of nitrogens with zero attached hydrogens (tertiary/aromatic N) is 3. The Morgan fingerprint density at radius 3 is 2.32 bits per heavy atom. The van der Waals surface area contributed by atoms with Gasteiger partial charge in [0.1, 0.15) is 11.6 Å². The maximum atomic E-state index is 12.9. The van der Waals surface area contributed by atoms with Crippen molar-refractivity contribution in [3.05, 3.63) is 53.6 Å². The van der Waals surface area contributed by atoms with Crippen LogP contribution in [0.2, 0.25) is 5.02 Å². The van der Waals surface area contributed by atoms with Gasteiger partial charge in [0.05, 0.1) is 24.1 Å². The molecule has 2 rings (SSSR count). The standard InChI is InChI=1S/C24H26Cl2N4O7/c1-4-15(3)37-22(34)24(21(32)33,27-20(31)14-25)29-28-18-8-6-7-9-19(18)30(23(35)36-5-2)17-12-10-16(26)11-13-17/h6-13,15H,4-5,14H2,1-3H3,(H,27,31)(H,32,33). The van der Waals surface area contributed by atoms with Crippen LogP contribution in [0.15, 0.2) is 58.8 Å². The summed E-state index contributed by atoms with van der Waals surface area (Å²) in [7, 11) is 0. The summed E-state index contributed by atoms with van der Waals surface area (Å²) in [6.07, 6.45) is -1.06. The van der Waals surface area contributed by atoms with Crippen LogP contribution in [0, 0.1) is 0 Å². The molecule has 0 aromatic heterocycles. The van der Waals surface area contributed by atoms with Gasteiger partial charge < -0.3 is 19.9 Å². The van der Waals surface area contributed by atoms with Crippen molar-refractivity contribution in [2.24, 2.45) is 10.2 Å². The summed E-state index contributed by atoms with van der Waals surface area (Å²) >= 11 is 11.5. The van der Waals surface area contributed by atoms with E-state index in [1.54, 1.807) is 57.2 Å². The molecule has 2 aromatic rings. The van der Waals surface area contributed by atoms with E-state index in [1.165, 1.54) is 17.0 Å². The van der Waals surface area contributed by atoms with Crippen LogP contribution in [0.1, 0.15) is 27.2 Å². The van der Waals surface area contributed by atoms with Gasteiger partial charge in [0.2, 0.25) is 5.91 Å². The van der Waals surface area contributed by atoms with Crippen molar-refractivity contribution in [3.8, 4) is 0 Å². The van der Waals surface area contributed by atoms with Crippen LogP contribution in [0.5, 0.6) is 0 Å². The van der Waals surface area contributed by atoms with Crippen molar-refractivity contribution in [2.45, 2.75) is 39.0 Å². The number of azo groups is 1. The molecule has 0 radical (unpaired) electrons. The van der Waals surface area contributed by atoms with Crippen LogP contribution < -0.4 is 10.2 Å². The van der Waals surface area contributed by atoms with Gasteiger partial charge in [-0.25, -0.2) is 19.3 Å². The fourth-order valence-corrected chi connectivity index (χ4v) is 3.07. The highest BCUT2D eigenvalue weighted by Crippen LogP contribution is 2.36. The Balaban J connectivity index is 2.66. The molecule has 2 aromatic carbocycles. The minimum Gasteiger partial charge on any atom is -0.478 e. The Hall–Kier alpha value is -3.70. The Bertz CT molecular complexity index is 1160. The number of amides is 2. The molecular formula is C24H26Cl2N4O7. The third-order valence-corrected chi connectivity index (χ3v) is 5.39. The predicted molar refractivity (Wildman–Crippen MR) is 137 cm³/mol. The summed E-state index contributed by atoms with van der Waals surface area (Å²) in [5, 5.41) is 20.0. The molecule has 198 valence electrons. The van der Waals surface area contributed by atoms with Crippen LogP contribution in [0.4, 0.5) is 21.9 Å². The number of benzene rings is 2. The zero-order chi connectivity index (χ0) is 27.6. The molecule has 0 aliphatic rings. The summed E-state index contributed by atoms with van der Waals surface area (Å²) < 4.78 is 10.3. The van der Waals surface area contributed by atoms with E-state index in [0.717, 1.165) is 0 Å². The van der Waals surface area contributed by atoms with Gasteiger partial charge in [-0.1, -0.05) is 30.7 Å². The lowest BCUT2D eigenvalue weighted by Crippen LogP contribution is -2.60. The number of hydrogen-bond donors (Lipinski definition) is 2. The largest absolute Gasteiger partial charge is 0.478 e. The van der Waals surface area contributed by atoms with Crippen LogP contribution in [0.3, 0.4) is 0 Å². The summed E-state index contributed by atoms with van der Waals surface area (Å²) in [6.45, 7) is 4.97. The van der Waals surface area contributed by atoms with E-state index in [0.29, 0.717) is 17.1 Å². The van der Waals surface area contributed by atoms with E-state index in [9.17, 15) is 24.3 Å². The Labute approximate surface area is 223 Å². The highest BCUT2D eigenvalue weighted by molar-refractivity contribution is 6.30. The van der Waals surface area contributed by atoms with E-state index in [4.69, 9.17) is 32.7 Å². The van der Waals surface area contributed by atoms with Gasteiger partial charge in [-0.15, -0.1) is 16.7 Å². The summed E-state index contributed by atoms with van der Waals surface area (Å²) in [6, 6.07) is 12.4. The van der Waals surface area contributed by atoms with Gasteiger partial charge in [-0.05, 0) is 56.7 Å². The van der Waals surface area contributed by atoms with E-state index in [1.807, 2.05) is 5.32 Å². The predicted octanol–water partition coefficient (Wildman–Crippen LogP) is 5.20. The first kappa shape index (κ1) is 29.5. The summed E-state index contributed by atoms with van der Waals surface area (Å²) in [5.41, 5.74) is -2.45. The van der Waals surface area contributed by atoms with Crippen molar-refractivity contribution in [3.63, 3.8) is 0 Å². The molecule has 2 atom stereocenters. The number of nitrogens with one attached hydrogen (secondary N) is 1. The number of carbonyl (C=O) groups is 4. The average molecular weight is 553 g/mol. The molecule has 37 heavy (non-hydrogen) atoms. The number of esters is 1. The molecule has 0 saturated carbocycles. The molecule has 2 unspecified atom stereocenters. The minimum atomic E-state index is -2.93. The molecule has 0 aliphatic heterocycles. The van der Waals surface area contributed by atoms with Crippen LogP contribution >= 0.6 is 23.2 Å². The molecule has 11 nitrogen and oxygen atoms in total. The highest BCUT2D eigenvalue weighted by atomic mass is 35.5. The second-order valence-corrected chi connectivity index (χ2v) is 8.22. The van der Waals surface area contributed by atoms with Crippen LogP contribution in [0.25, 0.3) is 0 Å². The smallest absolute Gasteiger partial charge is 0.419 e. The van der Waals surface area contributed by atoms with E-state index < -0.39 is 41.6 Å². The van der Waals surface area contributed by atoms with Crippen LogP contribution in [-0.4, -0.2) is 53.3 Å². The molecule has 0 saturated heterocycles. The maximum Gasteiger partial charge on any atom is 0.419 e. The van der Waals surface area contributed by atoms with Gasteiger partial charge in [-0.2, -0.15) is 5.11 Å². The van der Waals surface area contributed by atoms with Crippen molar-refractivity contribution in [1.82, 2.24) is 5.32 Å². The van der Waals surface area contributed by atoms with Crippen molar-refractivity contribution in [2.75, 3.05) is 17.4 Å². The highest BCUT2D eigenvalue weighted by Gasteiger charge is 2.51. The fraction of sp³-hybridized carbons (Fsp3) is 0.333. The van der Waals surface area contributed by atoms with Crippen molar-refractivity contribution >= 4 is 64.2 Å². The number of carbonyl (C=O) groups excluding carboxylic acids is 3. The quantitative estimate of drug-likeness (QED) is 0.168. The topological polar surface area (TPSA) is 147 Å². The molecule has 0 spiro atoms. The fourth-order valence-electron chi connectivity index (χ4n) is 2.87.